The summed E-state index contributed by atoms with van der Waals surface area (Å²) in [5, 5.41) is 7.68. The normalized spacial score (nSPS) is 11.7. The Bertz CT molecular complexity index is 1110. The molecule has 172 valence electrons. The molecule has 2 N–H and O–H groups in total. The van der Waals surface area contributed by atoms with E-state index in [0.717, 1.165) is 21.7 Å². The van der Waals surface area contributed by atoms with Gasteiger partial charge in [0.05, 0.1) is 31.6 Å². The molecule has 0 bridgehead atoms. The lowest BCUT2D eigenvalue weighted by atomic mass is 10.1. The summed E-state index contributed by atoms with van der Waals surface area (Å²) in [6.45, 7) is 10.7. The fourth-order valence-electron chi connectivity index (χ4n) is 3.16. The number of para-hydroxylation sites is 1. The molecule has 0 aliphatic heterocycles. The average Bonchev–Trinajstić information content (AvgIpc) is 3.03. The molecular weight excluding hydrogens is 531 g/mol. The van der Waals surface area contributed by atoms with Gasteiger partial charge in [-0.15, -0.1) is 0 Å². The van der Waals surface area contributed by atoms with Gasteiger partial charge in [0.1, 0.15) is 12.4 Å². The lowest BCUT2D eigenvalue weighted by molar-refractivity contribution is 0.0885. The molecule has 1 amide bonds. The maximum absolute atomic E-state index is 13.1. The number of anilines is 2. The zero-order valence-corrected chi connectivity index (χ0v) is 22.7. The molecule has 0 saturated carbocycles. The Morgan fingerprint density at radius 3 is 2.53 bits per heavy atom. The Morgan fingerprint density at radius 1 is 1.22 bits per heavy atom. The number of nitrogens with zero attached hydrogens (tertiary/aromatic N) is 2. The van der Waals surface area contributed by atoms with Crippen LogP contribution in [0.5, 0.6) is 0 Å². The third kappa shape index (κ3) is 5.85. The first-order valence-electron chi connectivity index (χ1n) is 10.4. The van der Waals surface area contributed by atoms with Crippen LogP contribution < -0.4 is 10.6 Å². The van der Waals surface area contributed by atoms with Crippen molar-refractivity contribution in [3.05, 3.63) is 50.7 Å². The zero-order valence-electron chi connectivity index (χ0n) is 18.6. The molecule has 0 radical (unpaired) electrons. The van der Waals surface area contributed by atoms with E-state index in [4.69, 9.17) is 27.9 Å². The molecule has 0 unspecified atom stereocenters. The summed E-state index contributed by atoms with van der Waals surface area (Å²) < 4.78 is 8.71. The summed E-state index contributed by atoms with van der Waals surface area (Å²) in [4.78, 5) is 17.7. The number of hydrogen-bond acceptors (Lipinski definition) is 4. The highest BCUT2D eigenvalue weighted by Gasteiger charge is 2.21. The molecule has 2 heterocycles. The fourth-order valence-corrected chi connectivity index (χ4v) is 4.91. The number of carbonyl (C=O) groups is 1. The number of rotatable bonds is 9. The van der Waals surface area contributed by atoms with Gasteiger partial charge >= 0.3 is 0 Å². The van der Waals surface area contributed by atoms with Crippen molar-refractivity contribution < 1.29 is 9.53 Å². The number of aromatic nitrogens is 2. The summed E-state index contributed by atoms with van der Waals surface area (Å²) in [7, 11) is -1.16. The fraction of sp³-hybridized carbons (Fsp3) is 0.364. The smallest absolute Gasteiger partial charge is 0.259 e. The second-order valence-corrected chi connectivity index (χ2v) is 15.9. The second-order valence-electron chi connectivity index (χ2n) is 8.61. The number of fused-ring (bicyclic) bond motifs is 1. The van der Waals surface area contributed by atoms with Gasteiger partial charge in [-0.25, -0.2) is 4.98 Å². The Labute approximate surface area is 207 Å². The summed E-state index contributed by atoms with van der Waals surface area (Å²) in [6, 6.07) is 8.12. The molecule has 0 fully saturated rings. The van der Waals surface area contributed by atoms with Crippen LogP contribution in [0, 0.1) is 0 Å². The Hall–Kier alpha value is -1.58. The van der Waals surface area contributed by atoms with Crippen molar-refractivity contribution in [2.75, 3.05) is 23.8 Å². The molecule has 0 spiro atoms. The highest BCUT2D eigenvalue weighted by atomic mass is 79.9. The van der Waals surface area contributed by atoms with Crippen LogP contribution in [0.1, 0.15) is 17.3 Å². The molecule has 0 aliphatic carbocycles. The van der Waals surface area contributed by atoms with Crippen molar-refractivity contribution in [1.82, 2.24) is 9.55 Å². The van der Waals surface area contributed by atoms with Crippen LogP contribution in [0.4, 0.5) is 11.4 Å². The van der Waals surface area contributed by atoms with E-state index in [-0.39, 0.29) is 5.91 Å². The van der Waals surface area contributed by atoms with Gasteiger partial charge in [-0.1, -0.05) is 48.9 Å². The van der Waals surface area contributed by atoms with Crippen molar-refractivity contribution in [2.45, 2.75) is 39.3 Å². The van der Waals surface area contributed by atoms with Gasteiger partial charge in [-0.05, 0) is 47.1 Å². The molecule has 1 aromatic carbocycles. The molecule has 10 heteroatoms. The lowest BCUT2D eigenvalue weighted by Crippen LogP contribution is -2.22. The molecule has 2 aromatic heterocycles. The summed E-state index contributed by atoms with van der Waals surface area (Å²) in [6.07, 6.45) is 1.56. The van der Waals surface area contributed by atoms with E-state index in [1.807, 2.05) is 17.6 Å². The van der Waals surface area contributed by atoms with Crippen LogP contribution in [0.25, 0.3) is 11.0 Å². The Morgan fingerprint density at radius 2 is 1.91 bits per heavy atom. The SMILES string of the molecule is CCNc1c(C(=O)Nc2c(Cl)cccc2Cl)cnc2c1cc(Br)n2COCC[Si](C)(C)C. The first-order valence-corrected chi connectivity index (χ1v) is 15.6. The third-order valence-corrected chi connectivity index (χ3v) is 7.88. The van der Waals surface area contributed by atoms with Gasteiger partial charge < -0.3 is 15.4 Å². The van der Waals surface area contributed by atoms with Gasteiger partial charge in [-0.3, -0.25) is 9.36 Å². The topological polar surface area (TPSA) is 68.2 Å². The molecule has 6 nitrogen and oxygen atoms in total. The quantitative estimate of drug-likeness (QED) is 0.217. The highest BCUT2D eigenvalue weighted by molar-refractivity contribution is 9.10. The average molecular weight is 558 g/mol. The van der Waals surface area contributed by atoms with Crippen LogP contribution in [0.2, 0.25) is 35.7 Å². The number of carbonyl (C=O) groups excluding carboxylic acids is 1. The van der Waals surface area contributed by atoms with Gasteiger partial charge in [-0.2, -0.15) is 0 Å². The lowest BCUT2D eigenvalue weighted by Gasteiger charge is -2.16. The first-order chi connectivity index (χ1) is 15.1. The maximum Gasteiger partial charge on any atom is 0.259 e. The summed E-state index contributed by atoms with van der Waals surface area (Å²) in [5.74, 6) is -0.347. The van der Waals surface area contributed by atoms with Crippen molar-refractivity contribution in [2.24, 2.45) is 0 Å². The van der Waals surface area contributed by atoms with Gasteiger partial charge in [0, 0.05) is 32.8 Å². The van der Waals surface area contributed by atoms with Crippen LogP contribution in [0.3, 0.4) is 0 Å². The Balaban J connectivity index is 1.92. The minimum atomic E-state index is -1.16. The molecular formula is C22H27BrCl2N4O2Si. The van der Waals surface area contributed by atoms with Crippen LogP contribution >= 0.6 is 39.1 Å². The van der Waals surface area contributed by atoms with Crippen molar-refractivity contribution in [3.63, 3.8) is 0 Å². The number of hydrogen-bond donors (Lipinski definition) is 2. The van der Waals surface area contributed by atoms with Gasteiger partial charge in [0.2, 0.25) is 0 Å². The van der Waals surface area contributed by atoms with E-state index in [1.54, 1.807) is 24.4 Å². The monoisotopic (exact) mass is 556 g/mol. The predicted molar refractivity (Wildman–Crippen MR) is 140 cm³/mol. The summed E-state index contributed by atoms with van der Waals surface area (Å²) >= 11 is 16.0. The van der Waals surface area contributed by atoms with E-state index >= 15 is 0 Å². The van der Waals surface area contributed by atoms with Gasteiger partial charge in [0.25, 0.3) is 5.91 Å². The number of benzene rings is 1. The van der Waals surface area contributed by atoms with E-state index in [9.17, 15) is 4.79 Å². The highest BCUT2D eigenvalue weighted by Crippen LogP contribution is 2.34. The molecule has 3 rings (SSSR count). The standard InChI is InChI=1S/C22H27BrCl2N4O2Si/c1-5-26-19-14-11-18(23)29(13-31-9-10-32(2,3)4)21(14)27-12-15(19)22(30)28-20-16(24)7-6-8-17(20)25/h6-8,11-12H,5,9-10,13H2,1-4H3,(H,26,27)(H,28,30). The van der Waals surface area contributed by atoms with E-state index < -0.39 is 8.07 Å². The largest absolute Gasteiger partial charge is 0.384 e. The van der Waals surface area contributed by atoms with Crippen molar-refractivity contribution in [1.29, 1.82) is 0 Å². The number of pyridine rings is 1. The van der Waals surface area contributed by atoms with E-state index in [2.05, 4.69) is 51.2 Å². The zero-order chi connectivity index (χ0) is 23.5. The maximum atomic E-state index is 13.1. The predicted octanol–water partition coefficient (Wildman–Crippen LogP) is 7.10. The van der Waals surface area contributed by atoms with Crippen molar-refractivity contribution >= 4 is 75.5 Å². The van der Waals surface area contributed by atoms with Gasteiger partial charge in [0.15, 0.2) is 0 Å². The summed E-state index contributed by atoms with van der Waals surface area (Å²) in [5.41, 5.74) is 2.20. The minimum Gasteiger partial charge on any atom is -0.384 e. The van der Waals surface area contributed by atoms with Crippen LogP contribution in [-0.4, -0.2) is 36.7 Å². The third-order valence-electron chi connectivity index (χ3n) is 4.89. The molecule has 32 heavy (non-hydrogen) atoms. The molecule has 0 aliphatic rings. The van der Waals surface area contributed by atoms with E-state index in [1.165, 1.54) is 0 Å². The molecule has 3 aromatic rings. The number of nitrogens with one attached hydrogen (secondary N) is 2. The van der Waals surface area contributed by atoms with Crippen LogP contribution in [0.15, 0.2) is 35.1 Å². The number of halogens is 3. The minimum absolute atomic E-state index is 0.347. The molecule has 0 saturated heterocycles. The Kier molecular flexibility index (Phi) is 8.27. The molecule has 0 atom stereocenters. The van der Waals surface area contributed by atoms with E-state index in [0.29, 0.717) is 46.9 Å². The van der Waals surface area contributed by atoms with Crippen molar-refractivity contribution in [3.8, 4) is 0 Å². The van der Waals surface area contributed by atoms with Crippen LogP contribution in [-0.2, 0) is 11.5 Å². The number of amides is 1. The first kappa shape index (κ1) is 25.0. The number of ether oxygens (including phenoxy) is 1. The second kappa shape index (κ2) is 10.6.